The molecule has 23 heavy (non-hydrogen) atoms. The Kier molecular flexibility index (Phi) is 4.58. The summed E-state index contributed by atoms with van der Waals surface area (Å²) < 4.78 is 0. The second-order valence-electron chi connectivity index (χ2n) is 6.23. The van der Waals surface area contributed by atoms with Crippen molar-refractivity contribution < 1.29 is 0 Å². The smallest absolute Gasteiger partial charge is 0.0746 e. The minimum Gasteiger partial charge on any atom is -0.378 e. The van der Waals surface area contributed by atoms with Crippen LogP contribution in [0.1, 0.15) is 11.1 Å². The molecule has 1 heterocycles. The molecule has 2 aromatic carbocycles. The van der Waals surface area contributed by atoms with Crippen molar-refractivity contribution in [2.75, 3.05) is 26.0 Å². The van der Waals surface area contributed by atoms with Crippen LogP contribution in [0, 0.1) is 0 Å². The van der Waals surface area contributed by atoms with Crippen molar-refractivity contribution in [1.29, 1.82) is 0 Å². The van der Waals surface area contributed by atoms with E-state index in [1.807, 2.05) is 12.3 Å². The maximum Gasteiger partial charge on any atom is 0.0746 e. The predicted molar refractivity (Wildman–Crippen MR) is 97.7 cm³/mol. The van der Waals surface area contributed by atoms with Crippen molar-refractivity contribution in [3.8, 4) is 0 Å². The van der Waals surface area contributed by atoms with E-state index in [9.17, 15) is 0 Å². The molecule has 0 spiro atoms. The van der Waals surface area contributed by atoms with E-state index in [0.29, 0.717) is 0 Å². The zero-order valence-electron chi connectivity index (χ0n) is 14.0. The van der Waals surface area contributed by atoms with E-state index in [1.54, 1.807) is 0 Å². The number of para-hydroxylation sites is 1. The molecule has 0 aliphatic carbocycles. The van der Waals surface area contributed by atoms with E-state index in [0.717, 1.165) is 18.6 Å². The second-order valence-corrected chi connectivity index (χ2v) is 6.23. The number of benzene rings is 2. The average molecular weight is 305 g/mol. The fourth-order valence-corrected chi connectivity index (χ4v) is 2.89. The molecular formula is C20H23N3. The second kappa shape index (κ2) is 6.80. The number of nitrogens with zero attached hydrogens (tertiary/aromatic N) is 3. The van der Waals surface area contributed by atoms with Crippen LogP contribution in [0.2, 0.25) is 0 Å². The van der Waals surface area contributed by atoms with Crippen molar-refractivity contribution in [2.24, 2.45) is 0 Å². The van der Waals surface area contributed by atoms with Crippen molar-refractivity contribution >= 4 is 16.6 Å². The SMILES string of the molecule is CN(Cc1cccc(N(C)C)c1)Cc1cccc2cccnc12. The fourth-order valence-electron chi connectivity index (χ4n) is 2.89. The third-order valence-corrected chi connectivity index (χ3v) is 4.04. The molecule has 3 aromatic rings. The highest BCUT2D eigenvalue weighted by molar-refractivity contribution is 5.81. The lowest BCUT2D eigenvalue weighted by atomic mass is 10.1. The molecule has 3 heteroatoms. The molecule has 0 atom stereocenters. The third kappa shape index (κ3) is 3.69. The molecule has 0 bridgehead atoms. The summed E-state index contributed by atoms with van der Waals surface area (Å²) in [5.74, 6) is 0. The molecule has 0 unspecified atom stereocenters. The average Bonchev–Trinajstić information content (AvgIpc) is 2.55. The normalized spacial score (nSPS) is 11.1. The van der Waals surface area contributed by atoms with E-state index in [2.05, 4.69) is 84.5 Å². The summed E-state index contributed by atoms with van der Waals surface area (Å²) in [6.07, 6.45) is 1.87. The molecule has 118 valence electrons. The Bertz CT molecular complexity index is 790. The van der Waals surface area contributed by atoms with Gasteiger partial charge >= 0.3 is 0 Å². The summed E-state index contributed by atoms with van der Waals surface area (Å²) in [6, 6.07) is 19.2. The van der Waals surface area contributed by atoms with Gasteiger partial charge in [0.2, 0.25) is 0 Å². The van der Waals surface area contributed by atoms with E-state index in [4.69, 9.17) is 0 Å². The molecule has 0 amide bonds. The van der Waals surface area contributed by atoms with Crippen LogP contribution in [0.3, 0.4) is 0 Å². The first-order valence-corrected chi connectivity index (χ1v) is 7.91. The largest absolute Gasteiger partial charge is 0.378 e. The van der Waals surface area contributed by atoms with Gasteiger partial charge in [0, 0.05) is 44.5 Å². The van der Waals surface area contributed by atoms with Crippen molar-refractivity contribution in [3.63, 3.8) is 0 Å². The van der Waals surface area contributed by atoms with E-state index in [1.165, 1.54) is 22.2 Å². The van der Waals surface area contributed by atoms with E-state index >= 15 is 0 Å². The monoisotopic (exact) mass is 305 g/mol. The molecule has 0 aliphatic rings. The highest BCUT2D eigenvalue weighted by Crippen LogP contribution is 2.19. The molecular weight excluding hydrogens is 282 g/mol. The summed E-state index contributed by atoms with van der Waals surface area (Å²) in [5, 5.41) is 1.20. The van der Waals surface area contributed by atoms with Crippen LogP contribution in [0.15, 0.2) is 60.8 Å². The summed E-state index contributed by atoms with van der Waals surface area (Å²) in [7, 11) is 6.30. The maximum atomic E-state index is 4.55. The van der Waals surface area contributed by atoms with Gasteiger partial charge in [-0.25, -0.2) is 0 Å². The number of hydrogen-bond donors (Lipinski definition) is 0. The van der Waals surface area contributed by atoms with Gasteiger partial charge < -0.3 is 4.90 Å². The Hall–Kier alpha value is -2.39. The van der Waals surface area contributed by atoms with Gasteiger partial charge in [-0.3, -0.25) is 9.88 Å². The lowest BCUT2D eigenvalue weighted by molar-refractivity contribution is 0.320. The molecule has 0 aliphatic heterocycles. The van der Waals surface area contributed by atoms with E-state index in [-0.39, 0.29) is 0 Å². The minimum absolute atomic E-state index is 0.889. The van der Waals surface area contributed by atoms with Crippen LogP contribution in [-0.4, -0.2) is 31.0 Å². The Labute approximate surface area is 138 Å². The number of rotatable bonds is 5. The highest BCUT2D eigenvalue weighted by atomic mass is 15.1. The molecule has 3 rings (SSSR count). The van der Waals surface area contributed by atoms with Gasteiger partial charge in [0.25, 0.3) is 0 Å². The Morgan fingerprint density at radius 2 is 1.65 bits per heavy atom. The van der Waals surface area contributed by atoms with Crippen LogP contribution >= 0.6 is 0 Å². The standard InChI is InChI=1S/C20H23N3/c1-22(2)19-11-4-7-16(13-19)14-23(3)15-18-9-5-8-17-10-6-12-21-20(17)18/h4-13H,14-15H2,1-3H3. The van der Waals surface area contributed by atoms with Gasteiger partial charge in [0.15, 0.2) is 0 Å². The van der Waals surface area contributed by atoms with Gasteiger partial charge in [-0.15, -0.1) is 0 Å². The lowest BCUT2D eigenvalue weighted by Crippen LogP contribution is -2.18. The molecule has 3 nitrogen and oxygen atoms in total. The zero-order valence-corrected chi connectivity index (χ0v) is 14.0. The highest BCUT2D eigenvalue weighted by Gasteiger charge is 2.07. The first-order valence-electron chi connectivity index (χ1n) is 7.91. The third-order valence-electron chi connectivity index (χ3n) is 4.04. The topological polar surface area (TPSA) is 19.4 Å². The van der Waals surface area contributed by atoms with Crippen LogP contribution < -0.4 is 4.90 Å². The first kappa shape index (κ1) is 15.5. The van der Waals surface area contributed by atoms with Crippen molar-refractivity contribution in [3.05, 3.63) is 71.9 Å². The number of hydrogen-bond acceptors (Lipinski definition) is 3. The quantitative estimate of drug-likeness (QED) is 0.712. The van der Waals surface area contributed by atoms with Gasteiger partial charge in [0.1, 0.15) is 0 Å². The lowest BCUT2D eigenvalue weighted by Gasteiger charge is -2.19. The van der Waals surface area contributed by atoms with Gasteiger partial charge in [-0.1, -0.05) is 36.4 Å². The Morgan fingerprint density at radius 1 is 0.870 bits per heavy atom. The van der Waals surface area contributed by atoms with E-state index < -0.39 is 0 Å². The Balaban J connectivity index is 1.76. The molecule has 0 radical (unpaired) electrons. The van der Waals surface area contributed by atoms with Gasteiger partial charge in [-0.2, -0.15) is 0 Å². The molecule has 0 fully saturated rings. The fraction of sp³-hybridized carbons (Fsp3) is 0.250. The van der Waals surface area contributed by atoms with Crippen LogP contribution in [0.4, 0.5) is 5.69 Å². The summed E-state index contributed by atoms with van der Waals surface area (Å²) in [6.45, 7) is 1.81. The molecule has 0 saturated carbocycles. The number of pyridine rings is 1. The zero-order chi connectivity index (χ0) is 16.2. The molecule has 0 saturated heterocycles. The summed E-state index contributed by atoms with van der Waals surface area (Å²) in [4.78, 5) is 9.01. The van der Waals surface area contributed by atoms with Crippen LogP contribution in [0.5, 0.6) is 0 Å². The molecule has 1 aromatic heterocycles. The number of aromatic nitrogens is 1. The van der Waals surface area contributed by atoms with Crippen LogP contribution in [0.25, 0.3) is 10.9 Å². The Morgan fingerprint density at radius 3 is 2.48 bits per heavy atom. The number of fused-ring (bicyclic) bond motifs is 1. The predicted octanol–water partition coefficient (Wildman–Crippen LogP) is 3.93. The summed E-state index contributed by atoms with van der Waals surface area (Å²) >= 11 is 0. The van der Waals surface area contributed by atoms with Crippen molar-refractivity contribution in [2.45, 2.75) is 13.1 Å². The maximum absolute atomic E-state index is 4.55. The summed E-state index contributed by atoms with van der Waals surface area (Å²) in [5.41, 5.74) is 4.94. The first-order chi connectivity index (χ1) is 11.1. The minimum atomic E-state index is 0.889. The van der Waals surface area contributed by atoms with Gasteiger partial charge in [0.05, 0.1) is 5.52 Å². The number of anilines is 1. The van der Waals surface area contributed by atoms with Crippen molar-refractivity contribution in [1.82, 2.24) is 9.88 Å². The molecule has 0 N–H and O–H groups in total. The van der Waals surface area contributed by atoms with Gasteiger partial charge in [-0.05, 0) is 36.4 Å². The van der Waals surface area contributed by atoms with Crippen LogP contribution in [-0.2, 0) is 13.1 Å².